The largest absolute Gasteiger partial charge is 0.462 e. The number of piperidine rings is 1. The molecular formula is C21H23N3O4S. The van der Waals surface area contributed by atoms with Crippen molar-refractivity contribution in [1.82, 2.24) is 9.88 Å². The third-order valence-corrected chi connectivity index (χ3v) is 5.86. The number of ether oxygens (including phenoxy) is 1. The molecule has 2 aromatic heterocycles. The smallest absolute Gasteiger partial charge is 0.341 e. The number of likely N-dealkylation sites (tertiary alicyclic amines) is 1. The number of oxazole rings is 1. The normalized spacial score (nSPS) is 15.5. The number of amides is 1. The summed E-state index contributed by atoms with van der Waals surface area (Å²) in [5.74, 6) is 0.517. The fourth-order valence-corrected chi connectivity index (χ4v) is 4.34. The molecule has 3 aromatic rings. The molecule has 0 spiro atoms. The van der Waals surface area contributed by atoms with Gasteiger partial charge in [0.15, 0.2) is 11.5 Å². The van der Waals surface area contributed by atoms with E-state index in [1.807, 2.05) is 24.3 Å². The number of fused-ring (bicyclic) bond motifs is 1. The second kappa shape index (κ2) is 8.75. The molecule has 3 heterocycles. The van der Waals surface area contributed by atoms with Crippen molar-refractivity contribution in [3.63, 3.8) is 0 Å². The highest BCUT2D eigenvalue weighted by molar-refractivity contribution is 7.14. The van der Waals surface area contributed by atoms with Crippen LogP contribution >= 0.6 is 11.3 Å². The number of para-hydroxylation sites is 2. The lowest BCUT2D eigenvalue weighted by Crippen LogP contribution is -2.38. The molecule has 8 heteroatoms. The Hall–Kier alpha value is -2.71. The molecule has 1 N–H and O–H groups in total. The number of hydrogen-bond acceptors (Lipinski definition) is 7. The van der Waals surface area contributed by atoms with Gasteiger partial charge in [-0.25, -0.2) is 9.78 Å². The summed E-state index contributed by atoms with van der Waals surface area (Å²) in [5, 5.41) is 5.15. The van der Waals surface area contributed by atoms with Crippen LogP contribution in [0.2, 0.25) is 0 Å². The lowest BCUT2D eigenvalue weighted by Gasteiger charge is -2.29. The van der Waals surface area contributed by atoms with Crippen LogP contribution in [0, 0.1) is 0 Å². The number of thiophene rings is 1. The number of esters is 1. The van der Waals surface area contributed by atoms with Crippen molar-refractivity contribution < 1.29 is 18.7 Å². The molecule has 0 saturated carbocycles. The zero-order chi connectivity index (χ0) is 20.2. The predicted molar refractivity (Wildman–Crippen MR) is 111 cm³/mol. The Kier molecular flexibility index (Phi) is 5.92. The summed E-state index contributed by atoms with van der Waals surface area (Å²) in [7, 11) is 0. The maximum absolute atomic E-state index is 12.5. The number of nitrogens with zero attached hydrogens (tertiary/aromatic N) is 2. The van der Waals surface area contributed by atoms with Gasteiger partial charge < -0.3 is 14.5 Å². The summed E-state index contributed by atoms with van der Waals surface area (Å²) in [6.45, 7) is 3.95. The third-order valence-electron chi connectivity index (χ3n) is 5.03. The van der Waals surface area contributed by atoms with Crippen molar-refractivity contribution in [1.29, 1.82) is 0 Å². The number of hydrogen-bond donors (Lipinski definition) is 1. The van der Waals surface area contributed by atoms with E-state index in [-0.39, 0.29) is 11.8 Å². The van der Waals surface area contributed by atoms with Crippen molar-refractivity contribution >= 4 is 39.3 Å². The standard InChI is InChI=1S/C21H23N3O4S/c1-2-27-21(26)15-9-12-29-20(15)23-18(25)13-24-10-7-14(8-11-24)19-22-16-5-3-4-6-17(16)28-19/h3-6,9,12,14H,2,7-8,10-11,13H2,1H3,(H,23,25). The van der Waals surface area contributed by atoms with E-state index in [9.17, 15) is 9.59 Å². The number of benzene rings is 1. The van der Waals surface area contributed by atoms with E-state index in [0.29, 0.717) is 23.7 Å². The van der Waals surface area contributed by atoms with Crippen LogP contribution in [0.15, 0.2) is 40.1 Å². The van der Waals surface area contributed by atoms with Crippen molar-refractivity contribution in [2.75, 3.05) is 31.6 Å². The molecule has 1 aromatic carbocycles. The molecule has 152 valence electrons. The zero-order valence-electron chi connectivity index (χ0n) is 16.2. The molecule has 1 aliphatic rings. The maximum atomic E-state index is 12.5. The van der Waals surface area contributed by atoms with Crippen molar-refractivity contribution in [3.8, 4) is 0 Å². The van der Waals surface area contributed by atoms with E-state index in [0.717, 1.165) is 42.9 Å². The number of carbonyl (C=O) groups is 2. The van der Waals surface area contributed by atoms with E-state index < -0.39 is 5.97 Å². The van der Waals surface area contributed by atoms with Crippen LogP contribution in [0.25, 0.3) is 11.1 Å². The first-order valence-electron chi connectivity index (χ1n) is 9.76. The van der Waals surface area contributed by atoms with Crippen LogP contribution in [-0.2, 0) is 9.53 Å². The van der Waals surface area contributed by atoms with Gasteiger partial charge in [0.2, 0.25) is 5.91 Å². The Morgan fingerprint density at radius 2 is 2.07 bits per heavy atom. The molecule has 1 aliphatic heterocycles. The third kappa shape index (κ3) is 4.49. The Balaban J connectivity index is 1.30. The fourth-order valence-electron chi connectivity index (χ4n) is 3.55. The topological polar surface area (TPSA) is 84.7 Å². The summed E-state index contributed by atoms with van der Waals surface area (Å²) in [5.41, 5.74) is 2.11. The van der Waals surface area contributed by atoms with Crippen molar-refractivity contribution in [2.24, 2.45) is 0 Å². The highest BCUT2D eigenvalue weighted by Gasteiger charge is 2.26. The molecule has 0 unspecified atom stereocenters. The first kappa shape index (κ1) is 19.6. The minimum absolute atomic E-state index is 0.127. The fraction of sp³-hybridized carbons (Fsp3) is 0.381. The average Bonchev–Trinajstić information content (AvgIpc) is 3.35. The van der Waals surface area contributed by atoms with E-state index in [2.05, 4.69) is 15.2 Å². The number of aromatic nitrogens is 1. The quantitative estimate of drug-likeness (QED) is 0.617. The number of anilines is 1. The van der Waals surface area contributed by atoms with Gasteiger partial charge >= 0.3 is 5.97 Å². The summed E-state index contributed by atoms with van der Waals surface area (Å²) >= 11 is 1.32. The molecule has 7 nitrogen and oxygen atoms in total. The molecule has 4 rings (SSSR count). The van der Waals surface area contributed by atoms with Crippen LogP contribution in [0.4, 0.5) is 5.00 Å². The van der Waals surface area contributed by atoms with Gasteiger partial charge in [-0.05, 0) is 56.4 Å². The molecule has 29 heavy (non-hydrogen) atoms. The molecule has 0 radical (unpaired) electrons. The van der Waals surface area contributed by atoms with E-state index in [1.165, 1.54) is 11.3 Å². The summed E-state index contributed by atoms with van der Waals surface area (Å²) in [4.78, 5) is 31.1. The van der Waals surface area contributed by atoms with Crippen molar-refractivity contribution in [2.45, 2.75) is 25.7 Å². The SMILES string of the molecule is CCOC(=O)c1ccsc1NC(=O)CN1CCC(c2nc3ccccc3o2)CC1. The van der Waals surface area contributed by atoms with E-state index in [1.54, 1.807) is 18.4 Å². The summed E-state index contributed by atoms with van der Waals surface area (Å²) in [6, 6.07) is 9.46. The lowest BCUT2D eigenvalue weighted by atomic mass is 9.97. The van der Waals surface area contributed by atoms with Crippen LogP contribution in [0.1, 0.15) is 41.9 Å². The first-order chi connectivity index (χ1) is 14.1. The Labute approximate surface area is 172 Å². The van der Waals surface area contributed by atoms with Crippen LogP contribution in [0.5, 0.6) is 0 Å². The van der Waals surface area contributed by atoms with Gasteiger partial charge in [-0.3, -0.25) is 9.69 Å². The second-order valence-corrected chi connectivity index (χ2v) is 7.92. The summed E-state index contributed by atoms with van der Waals surface area (Å²) in [6.07, 6.45) is 1.79. The minimum Gasteiger partial charge on any atom is -0.462 e. The highest BCUT2D eigenvalue weighted by Crippen LogP contribution is 2.30. The van der Waals surface area contributed by atoms with Crippen LogP contribution in [0.3, 0.4) is 0 Å². The maximum Gasteiger partial charge on any atom is 0.341 e. The minimum atomic E-state index is -0.414. The number of rotatable bonds is 6. The molecular weight excluding hydrogens is 390 g/mol. The molecule has 1 saturated heterocycles. The first-order valence-corrected chi connectivity index (χ1v) is 10.6. The lowest BCUT2D eigenvalue weighted by molar-refractivity contribution is -0.117. The van der Waals surface area contributed by atoms with Crippen LogP contribution in [-0.4, -0.2) is 48.0 Å². The highest BCUT2D eigenvalue weighted by atomic mass is 32.1. The molecule has 1 amide bonds. The van der Waals surface area contributed by atoms with Gasteiger partial charge in [0.25, 0.3) is 0 Å². The molecule has 1 fully saturated rings. The monoisotopic (exact) mass is 413 g/mol. The predicted octanol–water partition coefficient (Wildman–Crippen LogP) is 3.88. The summed E-state index contributed by atoms with van der Waals surface area (Å²) < 4.78 is 10.9. The van der Waals surface area contributed by atoms with E-state index >= 15 is 0 Å². The second-order valence-electron chi connectivity index (χ2n) is 7.00. The Morgan fingerprint density at radius 1 is 1.28 bits per heavy atom. The molecule has 0 atom stereocenters. The van der Waals surface area contributed by atoms with Gasteiger partial charge in [0.05, 0.1) is 18.7 Å². The Morgan fingerprint density at radius 3 is 2.83 bits per heavy atom. The van der Waals surface area contributed by atoms with Gasteiger partial charge in [-0.1, -0.05) is 12.1 Å². The van der Waals surface area contributed by atoms with Crippen molar-refractivity contribution in [3.05, 3.63) is 47.2 Å². The Bertz CT molecular complexity index is 971. The van der Waals surface area contributed by atoms with Gasteiger partial charge in [-0.2, -0.15) is 0 Å². The van der Waals surface area contributed by atoms with Gasteiger partial charge in [0, 0.05) is 5.92 Å². The molecule has 0 bridgehead atoms. The molecule has 0 aliphatic carbocycles. The zero-order valence-corrected chi connectivity index (χ0v) is 17.0. The van der Waals surface area contributed by atoms with Gasteiger partial charge in [0.1, 0.15) is 10.5 Å². The van der Waals surface area contributed by atoms with E-state index in [4.69, 9.17) is 9.15 Å². The van der Waals surface area contributed by atoms with Crippen LogP contribution < -0.4 is 5.32 Å². The average molecular weight is 413 g/mol. The number of nitrogens with one attached hydrogen (secondary N) is 1. The number of carbonyl (C=O) groups excluding carboxylic acids is 2. The van der Waals surface area contributed by atoms with Gasteiger partial charge in [-0.15, -0.1) is 11.3 Å².